The number of hydrogen-bond acceptors (Lipinski definition) is 5. The summed E-state index contributed by atoms with van der Waals surface area (Å²) in [4.78, 5) is 38.7. The van der Waals surface area contributed by atoms with Crippen molar-refractivity contribution in [2.75, 3.05) is 25.0 Å². The molecule has 3 aliphatic rings. The second kappa shape index (κ2) is 8.47. The van der Waals surface area contributed by atoms with Gasteiger partial charge >= 0.3 is 0 Å². The Bertz CT molecular complexity index is 914. The summed E-state index contributed by atoms with van der Waals surface area (Å²) in [6.45, 7) is 0.750. The van der Waals surface area contributed by atoms with E-state index in [1.54, 1.807) is 0 Å². The van der Waals surface area contributed by atoms with E-state index in [0.717, 1.165) is 37.0 Å². The molecular formula is C21H27N3O5S. The number of imide groups is 1. The number of fused-ring (bicyclic) bond motifs is 1. The van der Waals surface area contributed by atoms with Crippen LogP contribution in [0.25, 0.3) is 0 Å². The monoisotopic (exact) mass is 433 g/mol. The highest BCUT2D eigenvalue weighted by atomic mass is 32.2. The molecule has 4 rings (SSSR count). The summed E-state index contributed by atoms with van der Waals surface area (Å²) in [6, 6.07) is 6.00. The Morgan fingerprint density at radius 1 is 0.900 bits per heavy atom. The van der Waals surface area contributed by atoms with Crippen molar-refractivity contribution >= 4 is 33.4 Å². The maximum Gasteiger partial charge on any atom is 0.244 e. The molecular weight excluding hydrogens is 406 g/mol. The molecule has 30 heavy (non-hydrogen) atoms. The number of rotatable bonds is 5. The number of nitrogens with one attached hydrogen (secondary N) is 1. The fourth-order valence-corrected chi connectivity index (χ4v) is 6.21. The van der Waals surface area contributed by atoms with Crippen LogP contribution in [0.2, 0.25) is 0 Å². The molecule has 3 amide bonds. The molecule has 2 heterocycles. The summed E-state index contributed by atoms with van der Waals surface area (Å²) in [6.07, 6.45) is 6.06. The molecule has 1 saturated carbocycles. The SMILES string of the molecule is O=C(CN1C(=O)C2CCCCC2C1=O)Nc1ccc(S(=O)(=O)N2CCCCC2)cc1. The summed E-state index contributed by atoms with van der Waals surface area (Å²) < 4.78 is 26.9. The molecule has 2 aliphatic heterocycles. The maximum atomic E-state index is 12.7. The number of piperidine rings is 1. The average Bonchev–Trinajstić information content (AvgIpc) is 3.00. The molecule has 162 valence electrons. The van der Waals surface area contributed by atoms with E-state index in [4.69, 9.17) is 0 Å². The highest BCUT2D eigenvalue weighted by molar-refractivity contribution is 7.89. The van der Waals surface area contributed by atoms with Gasteiger partial charge in [-0.25, -0.2) is 8.42 Å². The summed E-state index contributed by atoms with van der Waals surface area (Å²) >= 11 is 0. The number of hydrogen-bond donors (Lipinski definition) is 1. The Morgan fingerprint density at radius 2 is 1.47 bits per heavy atom. The zero-order valence-electron chi connectivity index (χ0n) is 16.9. The molecule has 9 heteroatoms. The van der Waals surface area contributed by atoms with Gasteiger partial charge in [-0.2, -0.15) is 4.31 Å². The fraction of sp³-hybridized carbons (Fsp3) is 0.571. The van der Waals surface area contributed by atoms with Gasteiger partial charge in [0, 0.05) is 18.8 Å². The van der Waals surface area contributed by atoms with Crippen LogP contribution in [0.4, 0.5) is 5.69 Å². The Labute approximate surface area is 176 Å². The van der Waals surface area contributed by atoms with Crippen LogP contribution in [0.5, 0.6) is 0 Å². The minimum Gasteiger partial charge on any atom is -0.325 e. The highest BCUT2D eigenvalue weighted by Gasteiger charge is 2.48. The zero-order valence-corrected chi connectivity index (χ0v) is 17.7. The third kappa shape index (κ3) is 4.00. The van der Waals surface area contributed by atoms with Gasteiger partial charge in [0.1, 0.15) is 6.54 Å². The van der Waals surface area contributed by atoms with Gasteiger partial charge in [0.25, 0.3) is 0 Å². The first-order valence-corrected chi connectivity index (χ1v) is 12.1. The number of amides is 3. The topological polar surface area (TPSA) is 104 Å². The van der Waals surface area contributed by atoms with Crippen molar-refractivity contribution in [3.05, 3.63) is 24.3 Å². The second-order valence-electron chi connectivity index (χ2n) is 8.30. The van der Waals surface area contributed by atoms with Crippen LogP contribution in [-0.2, 0) is 24.4 Å². The number of carbonyl (C=O) groups excluding carboxylic acids is 3. The molecule has 1 aliphatic carbocycles. The Morgan fingerprint density at radius 3 is 2.03 bits per heavy atom. The van der Waals surface area contributed by atoms with Gasteiger partial charge in [0.2, 0.25) is 27.7 Å². The van der Waals surface area contributed by atoms with Gasteiger partial charge in [-0.3, -0.25) is 19.3 Å². The molecule has 0 aromatic heterocycles. The van der Waals surface area contributed by atoms with Crippen molar-refractivity contribution in [2.24, 2.45) is 11.8 Å². The van der Waals surface area contributed by atoms with Crippen molar-refractivity contribution in [1.82, 2.24) is 9.21 Å². The first-order valence-electron chi connectivity index (χ1n) is 10.6. The highest BCUT2D eigenvalue weighted by Crippen LogP contribution is 2.37. The smallest absolute Gasteiger partial charge is 0.244 e. The van der Waals surface area contributed by atoms with E-state index in [-0.39, 0.29) is 35.1 Å². The zero-order chi connectivity index (χ0) is 21.3. The van der Waals surface area contributed by atoms with Crippen LogP contribution in [-0.4, -0.2) is 55.0 Å². The number of sulfonamides is 1. The number of anilines is 1. The van der Waals surface area contributed by atoms with Crippen LogP contribution in [0, 0.1) is 11.8 Å². The lowest BCUT2D eigenvalue weighted by molar-refractivity contribution is -0.142. The minimum absolute atomic E-state index is 0.191. The summed E-state index contributed by atoms with van der Waals surface area (Å²) in [5.41, 5.74) is 0.425. The third-order valence-electron chi connectivity index (χ3n) is 6.33. The quantitative estimate of drug-likeness (QED) is 0.715. The van der Waals surface area contributed by atoms with Crippen molar-refractivity contribution in [2.45, 2.75) is 49.8 Å². The van der Waals surface area contributed by atoms with Gasteiger partial charge in [-0.15, -0.1) is 0 Å². The molecule has 0 spiro atoms. The maximum absolute atomic E-state index is 12.7. The lowest BCUT2D eigenvalue weighted by Crippen LogP contribution is -2.38. The molecule has 1 aromatic rings. The van der Waals surface area contributed by atoms with Crippen LogP contribution in [0.15, 0.2) is 29.2 Å². The molecule has 2 atom stereocenters. The standard InChI is InChI=1S/C21H27N3O5S/c25-19(14-24-20(26)17-6-2-3-7-18(17)21(24)27)22-15-8-10-16(11-9-15)30(28,29)23-12-4-1-5-13-23/h8-11,17-18H,1-7,12-14H2,(H,22,25). The molecule has 0 radical (unpaired) electrons. The largest absolute Gasteiger partial charge is 0.325 e. The first kappa shape index (κ1) is 21.0. The van der Waals surface area contributed by atoms with E-state index >= 15 is 0 Å². The van der Waals surface area contributed by atoms with E-state index in [1.807, 2.05) is 0 Å². The minimum atomic E-state index is -3.53. The molecule has 2 unspecified atom stereocenters. The second-order valence-corrected chi connectivity index (χ2v) is 10.2. The predicted octanol–water partition coefficient (Wildman–Crippen LogP) is 1.97. The van der Waals surface area contributed by atoms with Crippen LogP contribution >= 0.6 is 0 Å². The third-order valence-corrected chi connectivity index (χ3v) is 8.24. The number of nitrogens with zero attached hydrogens (tertiary/aromatic N) is 2. The van der Waals surface area contributed by atoms with E-state index in [2.05, 4.69) is 5.32 Å². The number of benzene rings is 1. The molecule has 8 nitrogen and oxygen atoms in total. The van der Waals surface area contributed by atoms with Crippen molar-refractivity contribution in [1.29, 1.82) is 0 Å². The Hall–Kier alpha value is -2.26. The van der Waals surface area contributed by atoms with E-state index in [0.29, 0.717) is 31.6 Å². The predicted molar refractivity (Wildman–Crippen MR) is 110 cm³/mol. The molecule has 0 bridgehead atoms. The van der Waals surface area contributed by atoms with Gasteiger partial charge < -0.3 is 5.32 Å². The molecule has 1 aromatic carbocycles. The van der Waals surface area contributed by atoms with Crippen LogP contribution < -0.4 is 5.32 Å². The average molecular weight is 434 g/mol. The van der Waals surface area contributed by atoms with Gasteiger partial charge in [0.05, 0.1) is 16.7 Å². The first-order chi connectivity index (χ1) is 14.4. The normalized spacial score (nSPS) is 25.3. The van der Waals surface area contributed by atoms with E-state index in [9.17, 15) is 22.8 Å². The van der Waals surface area contributed by atoms with E-state index in [1.165, 1.54) is 28.6 Å². The molecule has 3 fully saturated rings. The van der Waals surface area contributed by atoms with E-state index < -0.39 is 15.9 Å². The molecule has 1 N–H and O–H groups in total. The van der Waals surface area contributed by atoms with Crippen LogP contribution in [0.3, 0.4) is 0 Å². The molecule has 2 saturated heterocycles. The fourth-order valence-electron chi connectivity index (χ4n) is 4.70. The number of likely N-dealkylation sites (tertiary alicyclic amines) is 1. The lowest BCUT2D eigenvalue weighted by atomic mass is 9.81. The summed E-state index contributed by atoms with van der Waals surface area (Å²) in [5, 5.41) is 2.66. The summed E-state index contributed by atoms with van der Waals surface area (Å²) in [5.74, 6) is -1.52. The number of carbonyl (C=O) groups is 3. The van der Waals surface area contributed by atoms with Crippen molar-refractivity contribution in [3.8, 4) is 0 Å². The van der Waals surface area contributed by atoms with Crippen LogP contribution in [0.1, 0.15) is 44.9 Å². The Kier molecular flexibility index (Phi) is 5.92. The summed E-state index contributed by atoms with van der Waals surface area (Å²) in [7, 11) is -3.53. The lowest BCUT2D eigenvalue weighted by Gasteiger charge is -2.25. The van der Waals surface area contributed by atoms with Gasteiger partial charge in [0.15, 0.2) is 0 Å². The van der Waals surface area contributed by atoms with Gasteiger partial charge in [-0.1, -0.05) is 19.3 Å². The van der Waals surface area contributed by atoms with Crippen molar-refractivity contribution in [3.63, 3.8) is 0 Å². The van der Waals surface area contributed by atoms with Gasteiger partial charge in [-0.05, 0) is 49.9 Å². The van der Waals surface area contributed by atoms with Crippen molar-refractivity contribution < 1.29 is 22.8 Å². The Balaban J connectivity index is 1.38.